The Balaban J connectivity index is 1.53. The van der Waals surface area contributed by atoms with Crippen LogP contribution < -0.4 is 10.1 Å². The molecular formula is C22H22N2O4. The van der Waals surface area contributed by atoms with Crippen molar-refractivity contribution in [1.82, 2.24) is 10.3 Å². The van der Waals surface area contributed by atoms with Crippen LogP contribution in [0.2, 0.25) is 0 Å². The van der Waals surface area contributed by atoms with Crippen molar-refractivity contribution >= 4 is 18.0 Å². The van der Waals surface area contributed by atoms with Gasteiger partial charge in [0.25, 0.3) is 5.91 Å². The van der Waals surface area contributed by atoms with E-state index in [1.807, 2.05) is 24.3 Å². The number of rotatable bonds is 5. The zero-order chi connectivity index (χ0) is 19.3. The average Bonchev–Trinajstić information content (AvgIpc) is 3.25. The first-order chi connectivity index (χ1) is 13.7. The Labute approximate surface area is 163 Å². The zero-order valence-electron chi connectivity index (χ0n) is 15.5. The number of benzene rings is 1. The molecule has 0 saturated heterocycles. The molecule has 6 heteroatoms. The van der Waals surface area contributed by atoms with E-state index in [0.29, 0.717) is 11.3 Å². The molecule has 0 spiro atoms. The number of carbonyl (C=O) groups excluding carboxylic acids is 2. The molecule has 2 aromatic rings. The topological polar surface area (TPSA) is 77.5 Å². The van der Waals surface area contributed by atoms with E-state index in [2.05, 4.69) is 10.3 Å². The van der Waals surface area contributed by atoms with Gasteiger partial charge in [-0.05, 0) is 37.1 Å². The molecule has 0 radical (unpaired) electrons. The van der Waals surface area contributed by atoms with Crippen LogP contribution >= 0.6 is 0 Å². The van der Waals surface area contributed by atoms with Gasteiger partial charge in [-0.2, -0.15) is 0 Å². The number of nitrogens with zero attached hydrogens (tertiary/aromatic N) is 1. The normalized spacial score (nSPS) is 17.1. The van der Waals surface area contributed by atoms with E-state index in [-0.39, 0.29) is 18.6 Å². The molecule has 28 heavy (non-hydrogen) atoms. The smallest absolute Gasteiger partial charge is 0.338 e. The first-order valence-electron chi connectivity index (χ1n) is 9.55. The van der Waals surface area contributed by atoms with Gasteiger partial charge in [0, 0.05) is 17.8 Å². The minimum absolute atomic E-state index is 0.106. The largest absolute Gasteiger partial charge is 0.488 e. The van der Waals surface area contributed by atoms with E-state index in [9.17, 15) is 9.59 Å². The number of aromatic nitrogens is 1. The van der Waals surface area contributed by atoms with E-state index < -0.39 is 12.1 Å². The Kier molecular flexibility index (Phi) is 5.37. The summed E-state index contributed by atoms with van der Waals surface area (Å²) in [6.45, 7) is 0.106. The molecule has 1 N–H and O–H groups in total. The van der Waals surface area contributed by atoms with E-state index >= 15 is 0 Å². The van der Waals surface area contributed by atoms with E-state index in [0.717, 1.165) is 37.0 Å². The number of esters is 1. The molecule has 1 saturated carbocycles. The quantitative estimate of drug-likeness (QED) is 0.809. The lowest BCUT2D eigenvalue weighted by molar-refractivity contribution is -0.153. The lowest BCUT2D eigenvalue weighted by Gasteiger charge is -2.22. The standard InChI is InChI=1S/C22H22N2O4/c25-21(24-17-8-2-3-9-17)20(18-10-5-6-12-23-18)28-22(26)16-13-15-7-1-4-11-19(15)27-14-16/h1,4-7,10-13,17,20H,2-3,8-9,14H2,(H,24,25). The summed E-state index contributed by atoms with van der Waals surface area (Å²) >= 11 is 0. The second kappa shape index (κ2) is 8.25. The van der Waals surface area contributed by atoms with Crippen molar-refractivity contribution in [3.8, 4) is 5.75 Å². The third-order valence-corrected chi connectivity index (χ3v) is 5.02. The van der Waals surface area contributed by atoms with Crippen molar-refractivity contribution in [2.75, 3.05) is 6.61 Å². The van der Waals surface area contributed by atoms with Crippen molar-refractivity contribution in [2.24, 2.45) is 0 Å². The Morgan fingerprint density at radius 2 is 1.89 bits per heavy atom. The summed E-state index contributed by atoms with van der Waals surface area (Å²) in [5, 5.41) is 2.99. The van der Waals surface area contributed by atoms with Crippen LogP contribution in [-0.4, -0.2) is 29.5 Å². The minimum Gasteiger partial charge on any atom is -0.488 e. The van der Waals surface area contributed by atoms with Gasteiger partial charge in [-0.15, -0.1) is 0 Å². The van der Waals surface area contributed by atoms with E-state index in [1.54, 1.807) is 30.5 Å². The molecule has 1 aliphatic heterocycles. The number of hydrogen-bond acceptors (Lipinski definition) is 5. The van der Waals surface area contributed by atoms with E-state index in [1.165, 1.54) is 0 Å². The fraction of sp³-hybridized carbons (Fsp3) is 0.318. The average molecular weight is 378 g/mol. The molecule has 6 nitrogen and oxygen atoms in total. The van der Waals surface area contributed by atoms with Crippen LogP contribution in [0.4, 0.5) is 0 Å². The SMILES string of the molecule is O=C(OC(C(=O)NC1CCCC1)c1ccccn1)C1=Cc2ccccc2OC1. The highest BCUT2D eigenvalue weighted by Crippen LogP contribution is 2.28. The van der Waals surface area contributed by atoms with Gasteiger partial charge in [0.15, 0.2) is 0 Å². The maximum atomic E-state index is 12.8. The third-order valence-electron chi connectivity index (χ3n) is 5.02. The van der Waals surface area contributed by atoms with Crippen LogP contribution in [-0.2, 0) is 14.3 Å². The number of para-hydroxylation sites is 1. The maximum absolute atomic E-state index is 12.8. The highest BCUT2D eigenvalue weighted by Gasteiger charge is 2.30. The summed E-state index contributed by atoms with van der Waals surface area (Å²) in [6, 6.07) is 12.8. The Morgan fingerprint density at radius 3 is 2.68 bits per heavy atom. The highest BCUT2D eigenvalue weighted by molar-refractivity contribution is 5.97. The predicted octanol–water partition coefficient (Wildman–Crippen LogP) is 3.20. The molecule has 1 amide bonds. The van der Waals surface area contributed by atoms with Crippen molar-refractivity contribution in [2.45, 2.75) is 37.8 Å². The molecule has 1 atom stereocenters. The Bertz CT molecular complexity index is 888. The van der Waals surface area contributed by atoms with Crippen molar-refractivity contribution < 1.29 is 19.1 Å². The zero-order valence-corrected chi connectivity index (χ0v) is 15.5. The van der Waals surface area contributed by atoms with Gasteiger partial charge in [0.2, 0.25) is 6.10 Å². The van der Waals surface area contributed by atoms with Crippen LogP contribution in [0, 0.1) is 0 Å². The number of carbonyl (C=O) groups is 2. The summed E-state index contributed by atoms with van der Waals surface area (Å²) in [6.07, 6.45) is 6.33. The van der Waals surface area contributed by atoms with Gasteiger partial charge in [-0.25, -0.2) is 4.79 Å². The number of nitrogens with one attached hydrogen (secondary N) is 1. The van der Waals surface area contributed by atoms with Gasteiger partial charge >= 0.3 is 5.97 Å². The van der Waals surface area contributed by atoms with Crippen molar-refractivity contribution in [3.63, 3.8) is 0 Å². The number of amides is 1. The maximum Gasteiger partial charge on any atom is 0.338 e. The van der Waals surface area contributed by atoms with Crippen LogP contribution in [0.3, 0.4) is 0 Å². The van der Waals surface area contributed by atoms with Gasteiger partial charge < -0.3 is 14.8 Å². The summed E-state index contributed by atoms with van der Waals surface area (Å²) in [7, 11) is 0. The molecular weight excluding hydrogens is 356 g/mol. The third kappa shape index (κ3) is 4.06. The van der Waals surface area contributed by atoms with E-state index in [4.69, 9.17) is 9.47 Å². The number of pyridine rings is 1. The minimum atomic E-state index is -1.09. The first kappa shape index (κ1) is 18.2. The monoisotopic (exact) mass is 378 g/mol. The molecule has 1 fully saturated rings. The lowest BCUT2D eigenvalue weighted by atomic mass is 10.1. The molecule has 144 valence electrons. The summed E-state index contributed by atoms with van der Waals surface area (Å²) < 4.78 is 11.2. The fourth-order valence-electron chi connectivity index (χ4n) is 3.54. The Hall–Kier alpha value is -3.15. The van der Waals surface area contributed by atoms with Crippen LogP contribution in [0.25, 0.3) is 6.08 Å². The molecule has 2 aliphatic rings. The summed E-state index contributed by atoms with van der Waals surface area (Å²) in [5.74, 6) is -0.192. The lowest BCUT2D eigenvalue weighted by Crippen LogP contribution is -2.38. The van der Waals surface area contributed by atoms with Crippen LogP contribution in [0.15, 0.2) is 54.2 Å². The van der Waals surface area contributed by atoms with Crippen LogP contribution in [0.1, 0.15) is 43.0 Å². The first-order valence-corrected chi connectivity index (χ1v) is 9.55. The Morgan fingerprint density at radius 1 is 1.11 bits per heavy atom. The number of hydrogen-bond donors (Lipinski definition) is 1. The molecule has 2 heterocycles. The van der Waals surface area contributed by atoms with Gasteiger partial charge in [0.05, 0.1) is 11.3 Å². The second-order valence-corrected chi connectivity index (χ2v) is 7.03. The number of fused-ring (bicyclic) bond motifs is 1. The van der Waals surface area contributed by atoms with Gasteiger partial charge in [-0.1, -0.05) is 37.1 Å². The second-order valence-electron chi connectivity index (χ2n) is 7.03. The molecule has 1 unspecified atom stereocenters. The molecule has 1 aromatic heterocycles. The molecule has 1 aromatic carbocycles. The number of ether oxygens (including phenoxy) is 2. The fourth-order valence-corrected chi connectivity index (χ4v) is 3.54. The molecule has 4 rings (SSSR count). The molecule has 0 bridgehead atoms. The van der Waals surface area contributed by atoms with Crippen molar-refractivity contribution in [3.05, 3.63) is 65.5 Å². The summed E-state index contributed by atoms with van der Waals surface area (Å²) in [4.78, 5) is 29.8. The summed E-state index contributed by atoms with van der Waals surface area (Å²) in [5.41, 5.74) is 1.59. The van der Waals surface area contributed by atoms with Crippen LogP contribution in [0.5, 0.6) is 5.75 Å². The van der Waals surface area contributed by atoms with Crippen molar-refractivity contribution in [1.29, 1.82) is 0 Å². The van der Waals surface area contributed by atoms with Gasteiger partial charge in [-0.3, -0.25) is 9.78 Å². The van der Waals surface area contributed by atoms with Gasteiger partial charge in [0.1, 0.15) is 12.4 Å². The highest BCUT2D eigenvalue weighted by atomic mass is 16.6. The predicted molar refractivity (Wildman–Crippen MR) is 103 cm³/mol. The molecule has 1 aliphatic carbocycles.